The van der Waals surface area contributed by atoms with Crippen LogP contribution in [-0.2, 0) is 0 Å². The largest absolute Gasteiger partial charge is 0.382 e. The quantitative estimate of drug-likeness (QED) is 0.414. The van der Waals surface area contributed by atoms with E-state index in [-0.39, 0.29) is 0 Å². The summed E-state index contributed by atoms with van der Waals surface area (Å²) in [5, 5.41) is 13.5. The molecule has 0 amide bonds. The fourth-order valence-electron chi connectivity index (χ4n) is 2.43. The molecule has 0 saturated heterocycles. The lowest BCUT2D eigenvalue weighted by Crippen LogP contribution is -1.90. The smallest absolute Gasteiger partial charge is 0.151 e. The maximum Gasteiger partial charge on any atom is 0.151 e. The van der Waals surface area contributed by atoms with Crippen molar-refractivity contribution in [3.63, 3.8) is 0 Å². The molecule has 0 radical (unpaired) electrons. The number of halogens is 1. The molecule has 0 spiro atoms. The maximum atomic E-state index is 6.00. The van der Waals surface area contributed by atoms with Crippen LogP contribution in [0.1, 0.15) is 0 Å². The Morgan fingerprint density at radius 2 is 1.84 bits per heavy atom. The third-order valence-electron chi connectivity index (χ3n) is 3.67. The lowest BCUT2D eigenvalue weighted by Gasteiger charge is -2.04. The van der Waals surface area contributed by atoms with Gasteiger partial charge in [-0.3, -0.25) is 0 Å². The number of nitrogens with two attached hydrogens (primary N) is 1. The van der Waals surface area contributed by atoms with Gasteiger partial charge >= 0.3 is 0 Å². The summed E-state index contributed by atoms with van der Waals surface area (Å²) in [7, 11) is 0. The minimum absolute atomic E-state index is 0.355. The Kier molecular flexibility index (Phi) is 4.25. The molecule has 0 aliphatic carbocycles. The van der Waals surface area contributed by atoms with Crippen LogP contribution in [0.2, 0.25) is 0 Å². The van der Waals surface area contributed by atoms with Crippen LogP contribution >= 0.6 is 27.3 Å². The van der Waals surface area contributed by atoms with Crippen molar-refractivity contribution in [2.24, 2.45) is 10.2 Å². The molecule has 0 saturated carbocycles. The maximum absolute atomic E-state index is 6.00. The first-order valence-electron chi connectivity index (χ1n) is 7.46. The first-order chi connectivity index (χ1) is 12.2. The molecule has 122 valence electrons. The summed E-state index contributed by atoms with van der Waals surface area (Å²) in [6, 6.07) is 13.7. The van der Waals surface area contributed by atoms with E-state index in [1.54, 1.807) is 23.7 Å². The van der Waals surface area contributed by atoms with Crippen LogP contribution in [-0.4, -0.2) is 9.97 Å². The van der Waals surface area contributed by atoms with Gasteiger partial charge in [-0.1, -0.05) is 22.0 Å². The van der Waals surface area contributed by atoms with Gasteiger partial charge in [-0.05, 0) is 36.4 Å². The van der Waals surface area contributed by atoms with Gasteiger partial charge in [-0.25, -0.2) is 9.97 Å². The molecule has 4 rings (SSSR count). The van der Waals surface area contributed by atoms with Crippen LogP contribution < -0.4 is 5.73 Å². The summed E-state index contributed by atoms with van der Waals surface area (Å²) >= 11 is 5.08. The Bertz CT molecular complexity index is 1050. The lowest BCUT2D eigenvalue weighted by atomic mass is 10.1. The van der Waals surface area contributed by atoms with Crippen molar-refractivity contribution in [3.05, 3.63) is 64.7 Å². The van der Waals surface area contributed by atoms with E-state index in [0.29, 0.717) is 11.5 Å². The van der Waals surface area contributed by atoms with Gasteiger partial charge in [-0.15, -0.1) is 16.5 Å². The van der Waals surface area contributed by atoms with Crippen molar-refractivity contribution >= 4 is 55.2 Å². The highest BCUT2D eigenvalue weighted by molar-refractivity contribution is 9.10. The topological polar surface area (TPSA) is 76.5 Å². The van der Waals surface area contributed by atoms with E-state index in [1.165, 1.54) is 0 Å². The van der Waals surface area contributed by atoms with E-state index in [0.717, 1.165) is 31.5 Å². The molecule has 0 aliphatic rings. The molecule has 0 unspecified atom stereocenters. The summed E-state index contributed by atoms with van der Waals surface area (Å²) in [5.41, 5.74) is 8.38. The van der Waals surface area contributed by atoms with Gasteiger partial charge in [0.05, 0.1) is 5.69 Å². The molecular formula is C18H12BrN5S. The SMILES string of the molecule is Nc1ncc2ccc(Br)cc2c1/N=N/c1ccc(-c2nccs2)cc1. The second-order valence-electron chi connectivity index (χ2n) is 5.31. The van der Waals surface area contributed by atoms with E-state index in [2.05, 4.69) is 36.1 Å². The number of anilines is 1. The van der Waals surface area contributed by atoms with Crippen LogP contribution in [0.25, 0.3) is 21.3 Å². The molecule has 2 aromatic heterocycles. The Labute approximate surface area is 156 Å². The minimum atomic E-state index is 0.355. The number of rotatable bonds is 3. The molecular weight excluding hydrogens is 398 g/mol. The van der Waals surface area contributed by atoms with E-state index in [4.69, 9.17) is 5.73 Å². The van der Waals surface area contributed by atoms with E-state index < -0.39 is 0 Å². The molecule has 25 heavy (non-hydrogen) atoms. The fourth-order valence-corrected chi connectivity index (χ4v) is 3.44. The molecule has 2 heterocycles. The zero-order valence-corrected chi connectivity index (χ0v) is 15.3. The number of thiazole rings is 1. The minimum Gasteiger partial charge on any atom is -0.382 e. The van der Waals surface area contributed by atoms with Gasteiger partial charge < -0.3 is 5.73 Å². The lowest BCUT2D eigenvalue weighted by molar-refractivity contribution is 1.22. The fraction of sp³-hybridized carbons (Fsp3) is 0. The van der Waals surface area contributed by atoms with Crippen LogP contribution in [0, 0.1) is 0 Å². The second kappa shape index (κ2) is 6.70. The molecule has 0 atom stereocenters. The van der Waals surface area contributed by atoms with E-state index in [9.17, 15) is 0 Å². The van der Waals surface area contributed by atoms with Gasteiger partial charge in [0.1, 0.15) is 10.7 Å². The number of fused-ring (bicyclic) bond motifs is 1. The predicted molar refractivity (Wildman–Crippen MR) is 106 cm³/mol. The van der Waals surface area contributed by atoms with Crippen molar-refractivity contribution in [2.75, 3.05) is 5.73 Å². The summed E-state index contributed by atoms with van der Waals surface area (Å²) < 4.78 is 0.954. The van der Waals surface area contributed by atoms with Crippen LogP contribution in [0.5, 0.6) is 0 Å². The van der Waals surface area contributed by atoms with E-state index >= 15 is 0 Å². The summed E-state index contributed by atoms with van der Waals surface area (Å²) in [6.07, 6.45) is 3.53. The van der Waals surface area contributed by atoms with Crippen LogP contribution in [0.15, 0.2) is 74.9 Å². The molecule has 0 aliphatic heterocycles. The van der Waals surface area contributed by atoms with Crippen LogP contribution in [0.4, 0.5) is 17.2 Å². The molecule has 4 aromatic rings. The van der Waals surface area contributed by atoms with Gasteiger partial charge in [0.2, 0.25) is 0 Å². The number of nitrogens with zero attached hydrogens (tertiary/aromatic N) is 4. The Morgan fingerprint density at radius 3 is 2.60 bits per heavy atom. The molecule has 2 N–H and O–H groups in total. The number of hydrogen-bond acceptors (Lipinski definition) is 6. The second-order valence-corrected chi connectivity index (χ2v) is 7.12. The highest BCUT2D eigenvalue weighted by Crippen LogP contribution is 2.33. The third kappa shape index (κ3) is 3.29. The van der Waals surface area contributed by atoms with Gasteiger partial charge in [0.15, 0.2) is 5.82 Å². The summed E-state index contributed by atoms with van der Waals surface area (Å²) in [4.78, 5) is 8.50. The normalized spacial score (nSPS) is 11.4. The number of benzene rings is 2. The van der Waals surface area contributed by atoms with Gasteiger partial charge in [0.25, 0.3) is 0 Å². The Hall–Kier alpha value is -2.64. The van der Waals surface area contributed by atoms with E-state index in [1.807, 2.05) is 47.8 Å². The molecule has 0 bridgehead atoms. The zero-order chi connectivity index (χ0) is 17.2. The highest BCUT2D eigenvalue weighted by Gasteiger charge is 2.07. The van der Waals surface area contributed by atoms with Crippen molar-refractivity contribution < 1.29 is 0 Å². The third-order valence-corrected chi connectivity index (χ3v) is 4.98. The average Bonchev–Trinajstić information content (AvgIpc) is 3.16. The van der Waals surface area contributed by atoms with Crippen molar-refractivity contribution in [3.8, 4) is 10.6 Å². The van der Waals surface area contributed by atoms with Gasteiger partial charge in [-0.2, -0.15) is 5.11 Å². The first kappa shape index (κ1) is 15.9. The predicted octanol–water partition coefficient (Wildman–Crippen LogP) is 6.12. The average molecular weight is 410 g/mol. The molecule has 7 heteroatoms. The highest BCUT2D eigenvalue weighted by atomic mass is 79.9. The number of hydrogen-bond donors (Lipinski definition) is 1. The standard InChI is InChI=1S/C18H12BrN5S/c19-13-4-1-12-10-22-17(20)16(15(12)9-13)24-23-14-5-2-11(3-6-14)18-21-7-8-25-18/h1-10H,(H2,20,22)/b24-23+. The molecule has 2 aromatic carbocycles. The molecule has 5 nitrogen and oxygen atoms in total. The number of azo groups is 1. The van der Waals surface area contributed by atoms with Crippen molar-refractivity contribution in [2.45, 2.75) is 0 Å². The number of aromatic nitrogens is 2. The number of nitrogen functional groups attached to an aromatic ring is 1. The summed E-state index contributed by atoms with van der Waals surface area (Å²) in [6.45, 7) is 0. The zero-order valence-electron chi connectivity index (χ0n) is 12.9. The number of pyridine rings is 1. The van der Waals surface area contributed by atoms with Crippen molar-refractivity contribution in [1.29, 1.82) is 0 Å². The molecule has 0 fully saturated rings. The first-order valence-corrected chi connectivity index (χ1v) is 9.13. The summed E-state index contributed by atoms with van der Waals surface area (Å²) in [5.74, 6) is 0.355. The Morgan fingerprint density at radius 1 is 1.00 bits per heavy atom. The Balaban J connectivity index is 1.69. The van der Waals surface area contributed by atoms with Crippen LogP contribution in [0.3, 0.4) is 0 Å². The van der Waals surface area contributed by atoms with Gasteiger partial charge in [0, 0.05) is 38.6 Å². The monoisotopic (exact) mass is 409 g/mol. The van der Waals surface area contributed by atoms with Crippen molar-refractivity contribution in [1.82, 2.24) is 9.97 Å².